The largest absolute Gasteiger partial charge is 0.452 e. The highest BCUT2D eigenvalue weighted by Gasteiger charge is 2.21. The molecule has 2 aromatic carbocycles. The zero-order valence-corrected chi connectivity index (χ0v) is 23.6. The van der Waals surface area contributed by atoms with E-state index >= 15 is 4.39 Å². The Kier molecular flexibility index (Phi) is 8.25. The first-order valence-electron chi connectivity index (χ1n) is 12.9. The first-order chi connectivity index (χ1) is 20.7. The maximum Gasteiger partial charge on any atom is 0.335 e. The normalized spacial score (nSPS) is 13.7. The molecule has 13 heteroatoms. The number of nitrogens with zero attached hydrogens (tertiary/aromatic N) is 3. The molecule has 0 bridgehead atoms. The second-order valence-electron chi connectivity index (χ2n) is 9.56. The van der Waals surface area contributed by atoms with Crippen molar-refractivity contribution in [3.63, 3.8) is 0 Å². The van der Waals surface area contributed by atoms with Crippen LogP contribution in [-0.2, 0) is 0 Å². The average Bonchev–Trinajstić information content (AvgIpc) is 3.51. The molecule has 1 aliphatic heterocycles. The summed E-state index contributed by atoms with van der Waals surface area (Å²) in [6.45, 7) is 3.40. The van der Waals surface area contributed by atoms with Crippen LogP contribution in [0.3, 0.4) is 0 Å². The van der Waals surface area contributed by atoms with Gasteiger partial charge in [0, 0.05) is 59.1 Å². The molecule has 0 aliphatic carbocycles. The predicted octanol–water partition coefficient (Wildman–Crippen LogP) is 5.01. The predicted molar refractivity (Wildman–Crippen MR) is 160 cm³/mol. The molecule has 2 aromatic heterocycles. The Morgan fingerprint density at radius 1 is 1.16 bits per heavy atom. The molecule has 0 spiro atoms. The number of halogens is 2. The molecule has 0 saturated carbocycles. The third kappa shape index (κ3) is 6.11. The number of hydrogen-bond donors (Lipinski definition) is 3. The van der Waals surface area contributed by atoms with Gasteiger partial charge in [0.05, 0.1) is 11.4 Å². The van der Waals surface area contributed by atoms with E-state index in [4.69, 9.17) is 10.1 Å². The number of carbonyl (C=O) groups is 1. The number of dihydropyridines is 1. The highest BCUT2D eigenvalue weighted by molar-refractivity contribution is 7.03. The first kappa shape index (κ1) is 29.1. The molecule has 0 unspecified atom stereocenters. The van der Waals surface area contributed by atoms with Crippen molar-refractivity contribution in [1.29, 1.82) is 5.41 Å². The number of carbonyl (C=O) groups excluding carboxylic acids is 1. The Labute approximate surface area is 247 Å². The zero-order valence-electron chi connectivity index (χ0n) is 22.8. The third-order valence-electron chi connectivity index (χ3n) is 6.36. The summed E-state index contributed by atoms with van der Waals surface area (Å²) in [6, 6.07) is 8.03. The molecule has 5 rings (SSSR count). The summed E-state index contributed by atoms with van der Waals surface area (Å²) in [5.74, 6) is -2.15. The van der Waals surface area contributed by atoms with Crippen LogP contribution in [0.2, 0.25) is 0 Å². The number of hydrogen-bond acceptors (Lipinski definition) is 8. The van der Waals surface area contributed by atoms with Crippen LogP contribution >= 0.6 is 11.5 Å². The highest BCUT2D eigenvalue weighted by atomic mass is 32.1. The summed E-state index contributed by atoms with van der Waals surface area (Å²) >= 11 is 1.27. The second-order valence-corrected chi connectivity index (χ2v) is 10.2. The number of ether oxygens (including phenoxy) is 1. The molecule has 0 fully saturated rings. The molecule has 4 aromatic rings. The van der Waals surface area contributed by atoms with Crippen LogP contribution in [0.4, 0.5) is 14.5 Å². The summed E-state index contributed by atoms with van der Waals surface area (Å²) in [6.07, 6.45) is 8.73. The van der Waals surface area contributed by atoms with Crippen molar-refractivity contribution >= 4 is 34.9 Å². The molecule has 1 aliphatic rings. The number of anilines is 1. The molecule has 1 amide bonds. The van der Waals surface area contributed by atoms with E-state index in [9.17, 15) is 18.8 Å². The SMILES string of the molecule is CC(C)n1cc(C(=O)Nc2ccc(OC3=CC(c4cnsc4)=CN/C3=C\C=N)c(F)c2)c(=O)n(-c2ccc(F)cc2)c1=O. The number of allylic oxidation sites excluding steroid dienone is 3. The van der Waals surface area contributed by atoms with Gasteiger partial charge in [0.15, 0.2) is 17.3 Å². The lowest BCUT2D eigenvalue weighted by Crippen LogP contribution is -2.42. The van der Waals surface area contributed by atoms with Gasteiger partial charge in [-0.2, -0.15) is 0 Å². The van der Waals surface area contributed by atoms with Crippen LogP contribution in [0.25, 0.3) is 11.3 Å². The first-order valence-corrected chi connectivity index (χ1v) is 13.7. The fraction of sp³-hybridized carbons (Fsp3) is 0.100. The van der Waals surface area contributed by atoms with Gasteiger partial charge in [-0.1, -0.05) is 0 Å². The smallest absolute Gasteiger partial charge is 0.335 e. The van der Waals surface area contributed by atoms with Gasteiger partial charge in [-0.3, -0.25) is 14.2 Å². The Morgan fingerprint density at radius 2 is 1.93 bits per heavy atom. The Hall–Kier alpha value is -5.43. The Balaban J connectivity index is 1.43. The van der Waals surface area contributed by atoms with Gasteiger partial charge in [-0.05, 0) is 73.9 Å². The second kappa shape index (κ2) is 12.2. The molecule has 0 saturated heterocycles. The van der Waals surface area contributed by atoms with Crippen LogP contribution in [0.1, 0.15) is 35.8 Å². The van der Waals surface area contributed by atoms with Crippen LogP contribution in [-0.4, -0.2) is 25.6 Å². The van der Waals surface area contributed by atoms with Crippen molar-refractivity contribution < 1.29 is 18.3 Å². The van der Waals surface area contributed by atoms with Gasteiger partial charge in [0.1, 0.15) is 11.4 Å². The van der Waals surface area contributed by atoms with E-state index in [0.717, 1.165) is 46.3 Å². The monoisotopic (exact) mass is 602 g/mol. The summed E-state index contributed by atoms with van der Waals surface area (Å²) in [5, 5.41) is 14.8. The highest BCUT2D eigenvalue weighted by Crippen LogP contribution is 2.29. The van der Waals surface area contributed by atoms with Crippen molar-refractivity contribution in [2.45, 2.75) is 19.9 Å². The standard InChI is InChI=1S/C30H24F2N6O4S/c1-17(2)37-15-23(29(40)38(30(37)41)22-6-3-20(31)4-7-22)28(39)36-21-5-8-26(24(32)12-21)42-27-11-18(19-14-35-43-16-19)13-34-25(27)9-10-33/h3-17,33-34H,1-2H3,(H,36,39)/b25-9-,33-10?. The van der Waals surface area contributed by atoms with Gasteiger partial charge in [0.25, 0.3) is 11.5 Å². The summed E-state index contributed by atoms with van der Waals surface area (Å²) in [7, 11) is 0. The summed E-state index contributed by atoms with van der Waals surface area (Å²) < 4.78 is 40.6. The molecular formula is C30H24F2N6O4S. The molecule has 218 valence electrons. The third-order valence-corrected chi connectivity index (χ3v) is 6.95. The molecule has 0 radical (unpaired) electrons. The van der Waals surface area contributed by atoms with Gasteiger partial charge in [-0.15, -0.1) is 0 Å². The van der Waals surface area contributed by atoms with Crippen LogP contribution in [0.5, 0.6) is 5.75 Å². The van der Waals surface area contributed by atoms with Crippen LogP contribution in [0, 0.1) is 17.0 Å². The molecule has 3 heterocycles. The van der Waals surface area contributed by atoms with Crippen LogP contribution < -0.4 is 26.6 Å². The average molecular weight is 603 g/mol. The van der Waals surface area contributed by atoms with Crippen LogP contribution in [0.15, 0.2) is 99.6 Å². The molecule has 3 N–H and O–H groups in total. The minimum absolute atomic E-state index is 0.0285. The summed E-state index contributed by atoms with van der Waals surface area (Å²) in [4.78, 5) is 39.6. The molecular weight excluding hydrogens is 578 g/mol. The van der Waals surface area contributed by atoms with Crippen molar-refractivity contribution in [2.24, 2.45) is 0 Å². The lowest BCUT2D eigenvalue weighted by molar-refractivity contribution is 0.102. The number of aromatic nitrogens is 3. The lowest BCUT2D eigenvalue weighted by Gasteiger charge is -2.19. The quantitative estimate of drug-likeness (QED) is 0.243. The number of nitrogens with one attached hydrogen (secondary N) is 3. The van der Waals surface area contributed by atoms with Crippen molar-refractivity contribution in [3.05, 3.63) is 134 Å². The minimum atomic E-state index is -0.918. The maximum absolute atomic E-state index is 15.2. The van der Waals surface area contributed by atoms with E-state index in [1.165, 1.54) is 46.4 Å². The van der Waals surface area contributed by atoms with Crippen molar-refractivity contribution in [3.8, 4) is 11.4 Å². The zero-order chi connectivity index (χ0) is 30.7. The van der Waals surface area contributed by atoms with Gasteiger partial charge in [0.2, 0.25) is 0 Å². The number of benzene rings is 2. The maximum atomic E-state index is 15.2. The topological polar surface area (TPSA) is 131 Å². The Morgan fingerprint density at radius 3 is 2.58 bits per heavy atom. The lowest BCUT2D eigenvalue weighted by atomic mass is 10.1. The van der Waals surface area contributed by atoms with E-state index in [2.05, 4.69) is 15.0 Å². The molecule has 0 atom stereocenters. The van der Waals surface area contributed by atoms with Gasteiger partial charge < -0.3 is 20.8 Å². The Bertz CT molecular complexity index is 1920. The van der Waals surface area contributed by atoms with Crippen molar-refractivity contribution in [1.82, 2.24) is 18.8 Å². The number of amides is 1. The van der Waals surface area contributed by atoms with Gasteiger partial charge in [-0.25, -0.2) is 22.5 Å². The van der Waals surface area contributed by atoms with E-state index in [0.29, 0.717) is 5.70 Å². The van der Waals surface area contributed by atoms with Crippen molar-refractivity contribution in [2.75, 3.05) is 5.32 Å². The minimum Gasteiger partial charge on any atom is -0.452 e. The molecule has 10 nitrogen and oxygen atoms in total. The fourth-order valence-electron chi connectivity index (χ4n) is 4.19. The van der Waals surface area contributed by atoms with E-state index in [1.54, 1.807) is 32.3 Å². The van der Waals surface area contributed by atoms with E-state index < -0.39 is 34.8 Å². The van der Waals surface area contributed by atoms with Gasteiger partial charge >= 0.3 is 5.69 Å². The number of rotatable bonds is 8. The molecule has 43 heavy (non-hydrogen) atoms. The fourth-order valence-corrected chi connectivity index (χ4v) is 4.74. The van der Waals surface area contributed by atoms with E-state index in [1.807, 2.05) is 5.38 Å². The van der Waals surface area contributed by atoms with E-state index in [-0.39, 0.29) is 28.4 Å². The summed E-state index contributed by atoms with van der Waals surface area (Å²) in [5.41, 5.74) is 0.115.